The summed E-state index contributed by atoms with van der Waals surface area (Å²) >= 11 is 1.37. The van der Waals surface area contributed by atoms with Crippen molar-refractivity contribution in [2.24, 2.45) is 0 Å². The second-order valence-electron chi connectivity index (χ2n) is 6.78. The molecular weight excluding hydrogens is 372 g/mol. The molecule has 1 aliphatic rings. The minimum Gasteiger partial charge on any atom is -0.478 e. The van der Waals surface area contributed by atoms with Crippen molar-refractivity contribution in [1.82, 2.24) is 4.90 Å². The Hall–Kier alpha value is -2.96. The quantitative estimate of drug-likeness (QED) is 0.681. The molecule has 28 heavy (non-hydrogen) atoms. The lowest BCUT2D eigenvalue weighted by Gasteiger charge is -2.26. The lowest BCUT2D eigenvalue weighted by atomic mass is 10.0. The van der Waals surface area contributed by atoms with Gasteiger partial charge >= 0.3 is 5.97 Å². The fraction of sp³-hybridized carbons (Fsp3) is 0.182. The number of hydrogen-bond acceptors (Lipinski definition) is 4. The van der Waals surface area contributed by atoms with Crippen molar-refractivity contribution >= 4 is 28.2 Å². The molecule has 6 heteroatoms. The zero-order chi connectivity index (χ0) is 19.5. The number of hydrogen-bond donors (Lipinski definition) is 2. The number of nitrogens with one attached hydrogen (secondary N) is 1. The Kier molecular flexibility index (Phi) is 5.23. The van der Waals surface area contributed by atoms with E-state index in [0.29, 0.717) is 23.5 Å². The highest BCUT2D eigenvalue weighted by Gasteiger charge is 2.28. The van der Waals surface area contributed by atoms with Crippen LogP contribution in [0.2, 0.25) is 0 Å². The first kappa shape index (κ1) is 18.4. The summed E-state index contributed by atoms with van der Waals surface area (Å²) in [4.78, 5) is 27.7. The molecule has 1 amide bonds. The number of fused-ring (bicyclic) bond motifs is 1. The van der Waals surface area contributed by atoms with Crippen LogP contribution in [-0.4, -0.2) is 28.4 Å². The number of amides is 1. The van der Waals surface area contributed by atoms with Crippen molar-refractivity contribution in [3.63, 3.8) is 0 Å². The van der Waals surface area contributed by atoms with E-state index in [1.54, 1.807) is 24.3 Å². The molecule has 0 aliphatic carbocycles. The Bertz CT molecular complexity index is 999. The molecule has 1 aromatic heterocycles. The summed E-state index contributed by atoms with van der Waals surface area (Å²) in [6.45, 7) is 2.31. The fourth-order valence-corrected chi connectivity index (χ4v) is 4.79. The third-order valence-electron chi connectivity index (χ3n) is 4.86. The number of carboxylic acids is 1. The Morgan fingerprint density at radius 1 is 1.04 bits per heavy atom. The number of thiophene rings is 1. The molecule has 0 spiro atoms. The van der Waals surface area contributed by atoms with Gasteiger partial charge in [-0.3, -0.25) is 9.69 Å². The molecule has 0 unspecified atom stereocenters. The van der Waals surface area contributed by atoms with E-state index < -0.39 is 5.97 Å². The molecule has 2 heterocycles. The number of nitrogens with zero attached hydrogens (tertiary/aromatic N) is 1. The van der Waals surface area contributed by atoms with Crippen molar-refractivity contribution in [3.8, 4) is 0 Å². The van der Waals surface area contributed by atoms with Gasteiger partial charge in [-0.2, -0.15) is 0 Å². The standard InChI is InChI=1S/C22H20N2O3S/c25-20(16-9-5-2-6-10-16)23-21-19(22(26)27)17-11-12-24(14-18(17)28-21)13-15-7-3-1-4-8-15/h1-10H,11-14H2,(H,23,25)(H,26,27). The van der Waals surface area contributed by atoms with Crippen molar-refractivity contribution in [2.45, 2.75) is 19.5 Å². The largest absolute Gasteiger partial charge is 0.478 e. The third-order valence-corrected chi connectivity index (χ3v) is 5.99. The maximum Gasteiger partial charge on any atom is 0.339 e. The number of carbonyl (C=O) groups is 2. The van der Waals surface area contributed by atoms with Crippen molar-refractivity contribution in [2.75, 3.05) is 11.9 Å². The van der Waals surface area contributed by atoms with Crippen LogP contribution in [0.1, 0.15) is 36.7 Å². The minimum atomic E-state index is -0.989. The van der Waals surface area contributed by atoms with Gasteiger partial charge in [-0.15, -0.1) is 11.3 Å². The second-order valence-corrected chi connectivity index (χ2v) is 7.88. The summed E-state index contributed by atoms with van der Waals surface area (Å²) in [5.41, 5.74) is 2.84. The predicted molar refractivity (Wildman–Crippen MR) is 110 cm³/mol. The number of carboxylic acid groups (broad SMARTS) is 1. The van der Waals surface area contributed by atoms with Crippen LogP contribution in [0.25, 0.3) is 0 Å². The van der Waals surface area contributed by atoms with Crippen LogP contribution in [-0.2, 0) is 19.5 Å². The number of rotatable bonds is 5. The van der Waals surface area contributed by atoms with E-state index in [1.165, 1.54) is 16.9 Å². The van der Waals surface area contributed by atoms with Crippen LogP contribution in [0.4, 0.5) is 5.00 Å². The average molecular weight is 392 g/mol. The van der Waals surface area contributed by atoms with Crippen molar-refractivity contribution < 1.29 is 14.7 Å². The molecule has 2 aromatic carbocycles. The smallest absolute Gasteiger partial charge is 0.339 e. The van der Waals surface area contributed by atoms with E-state index in [-0.39, 0.29) is 11.5 Å². The first-order chi connectivity index (χ1) is 13.6. The molecule has 0 saturated carbocycles. The SMILES string of the molecule is O=C(Nc1sc2c(c1C(=O)O)CCN(Cc1ccccc1)C2)c1ccccc1. The number of benzene rings is 2. The highest BCUT2D eigenvalue weighted by atomic mass is 32.1. The molecule has 4 rings (SSSR count). The highest BCUT2D eigenvalue weighted by Crippen LogP contribution is 2.37. The Morgan fingerprint density at radius 3 is 2.39 bits per heavy atom. The molecule has 2 N–H and O–H groups in total. The first-order valence-electron chi connectivity index (χ1n) is 9.12. The van der Waals surface area contributed by atoms with Gasteiger partial charge in [0.25, 0.3) is 5.91 Å². The van der Waals surface area contributed by atoms with Crippen molar-refractivity contribution in [3.05, 3.63) is 87.8 Å². The Balaban J connectivity index is 1.57. The van der Waals surface area contributed by atoms with Crippen LogP contribution in [0.3, 0.4) is 0 Å². The Morgan fingerprint density at radius 2 is 1.71 bits per heavy atom. The number of anilines is 1. The van der Waals surface area contributed by atoms with Crippen LogP contribution >= 0.6 is 11.3 Å². The molecule has 0 saturated heterocycles. The van der Waals surface area contributed by atoms with Gasteiger partial charge in [-0.25, -0.2) is 4.79 Å². The third kappa shape index (κ3) is 3.83. The van der Waals surface area contributed by atoms with Gasteiger partial charge in [0.1, 0.15) is 5.00 Å². The maximum atomic E-state index is 12.5. The first-order valence-corrected chi connectivity index (χ1v) is 9.94. The van der Waals surface area contributed by atoms with Crippen molar-refractivity contribution in [1.29, 1.82) is 0 Å². The summed E-state index contributed by atoms with van der Waals surface area (Å²) in [5, 5.41) is 13.0. The lowest BCUT2D eigenvalue weighted by molar-refractivity contribution is 0.0696. The van der Waals surface area contributed by atoms with Crippen LogP contribution in [0.15, 0.2) is 60.7 Å². The molecule has 0 radical (unpaired) electrons. The van der Waals surface area contributed by atoms with Gasteiger partial charge in [0.05, 0.1) is 5.56 Å². The maximum absolute atomic E-state index is 12.5. The zero-order valence-corrected chi connectivity index (χ0v) is 16.0. The van der Waals surface area contributed by atoms with E-state index in [2.05, 4.69) is 22.3 Å². The number of aromatic carboxylic acids is 1. The molecule has 5 nitrogen and oxygen atoms in total. The van der Waals surface area contributed by atoms with Crippen LogP contribution in [0, 0.1) is 0 Å². The molecule has 0 bridgehead atoms. The summed E-state index contributed by atoms with van der Waals surface area (Å²) in [7, 11) is 0. The van der Waals surface area contributed by atoms with E-state index in [9.17, 15) is 14.7 Å². The molecule has 0 atom stereocenters. The van der Waals surface area contributed by atoms with Gasteiger partial charge in [-0.05, 0) is 29.7 Å². The normalized spacial score (nSPS) is 13.7. The number of carbonyl (C=O) groups excluding carboxylic acids is 1. The fourth-order valence-electron chi connectivity index (χ4n) is 3.51. The monoisotopic (exact) mass is 392 g/mol. The van der Waals surface area contributed by atoms with Gasteiger partial charge in [-0.1, -0.05) is 48.5 Å². The summed E-state index contributed by atoms with van der Waals surface area (Å²) < 4.78 is 0. The lowest BCUT2D eigenvalue weighted by Crippen LogP contribution is -2.29. The van der Waals surface area contributed by atoms with E-state index in [0.717, 1.165) is 23.5 Å². The minimum absolute atomic E-state index is 0.239. The van der Waals surface area contributed by atoms with Gasteiger partial charge < -0.3 is 10.4 Å². The van der Waals surface area contributed by atoms with E-state index in [4.69, 9.17) is 0 Å². The van der Waals surface area contributed by atoms with Gasteiger partial charge in [0.15, 0.2) is 0 Å². The summed E-state index contributed by atoms with van der Waals surface area (Å²) in [6, 6.07) is 19.1. The molecular formula is C22H20N2O3S. The molecule has 3 aromatic rings. The Labute approximate surface area is 167 Å². The van der Waals surface area contributed by atoms with Gasteiger partial charge in [0.2, 0.25) is 0 Å². The topological polar surface area (TPSA) is 69.6 Å². The van der Waals surface area contributed by atoms with Crippen LogP contribution in [0.5, 0.6) is 0 Å². The highest BCUT2D eigenvalue weighted by molar-refractivity contribution is 7.17. The molecule has 142 valence electrons. The van der Waals surface area contributed by atoms with E-state index in [1.807, 2.05) is 24.3 Å². The predicted octanol–water partition coefficient (Wildman–Crippen LogP) is 4.26. The summed E-state index contributed by atoms with van der Waals surface area (Å²) in [6.07, 6.45) is 0.668. The average Bonchev–Trinajstić information content (AvgIpc) is 3.06. The second kappa shape index (κ2) is 7.96. The van der Waals surface area contributed by atoms with Crippen LogP contribution < -0.4 is 5.32 Å². The zero-order valence-electron chi connectivity index (χ0n) is 15.2. The van der Waals surface area contributed by atoms with E-state index >= 15 is 0 Å². The molecule has 1 aliphatic heterocycles. The van der Waals surface area contributed by atoms with Gasteiger partial charge in [0, 0.05) is 30.1 Å². The summed E-state index contributed by atoms with van der Waals surface area (Å²) in [5.74, 6) is -1.28. The molecule has 0 fully saturated rings.